The normalized spacial score (nSPS) is 14.8. The van der Waals surface area contributed by atoms with E-state index in [-0.39, 0.29) is 5.82 Å². The van der Waals surface area contributed by atoms with Crippen LogP contribution in [0.3, 0.4) is 0 Å². The third-order valence-corrected chi connectivity index (χ3v) is 6.57. The van der Waals surface area contributed by atoms with E-state index in [1.165, 1.54) is 18.2 Å². The van der Waals surface area contributed by atoms with Gasteiger partial charge in [-0.3, -0.25) is 0 Å². The van der Waals surface area contributed by atoms with Gasteiger partial charge in [-0.25, -0.2) is 9.18 Å². The number of allylic oxidation sites excluding steroid dienone is 1. The SMILES string of the molecule is C=C[C@H](O)C[C@](/C=C/C)(CCCOCc1ccc(F)cc1)NC(=O)OCC[Si](C)(C)C. The molecule has 7 heteroatoms. The molecule has 0 unspecified atom stereocenters. The molecule has 0 radical (unpaired) electrons. The van der Waals surface area contributed by atoms with Gasteiger partial charge >= 0.3 is 6.09 Å². The van der Waals surface area contributed by atoms with E-state index in [1.54, 1.807) is 12.1 Å². The van der Waals surface area contributed by atoms with Crippen LogP contribution in [0.25, 0.3) is 0 Å². The van der Waals surface area contributed by atoms with E-state index >= 15 is 0 Å². The first-order chi connectivity index (χ1) is 14.6. The van der Waals surface area contributed by atoms with Crippen LogP contribution in [0.4, 0.5) is 9.18 Å². The van der Waals surface area contributed by atoms with Gasteiger partial charge in [0, 0.05) is 21.1 Å². The number of nitrogens with one attached hydrogen (secondary N) is 1. The molecule has 1 aromatic carbocycles. The number of aliphatic hydroxyl groups excluding tert-OH is 1. The van der Waals surface area contributed by atoms with Crippen LogP contribution in [0.2, 0.25) is 25.7 Å². The second-order valence-electron chi connectivity index (χ2n) is 9.02. The molecule has 31 heavy (non-hydrogen) atoms. The molecular formula is C24H38FNO4Si. The lowest BCUT2D eigenvalue weighted by molar-refractivity contribution is 0.101. The molecule has 0 aromatic heterocycles. The Labute approximate surface area is 187 Å². The van der Waals surface area contributed by atoms with Crippen molar-refractivity contribution in [3.63, 3.8) is 0 Å². The number of amides is 1. The first-order valence-electron chi connectivity index (χ1n) is 10.8. The molecule has 0 aliphatic heterocycles. The van der Waals surface area contributed by atoms with Crippen molar-refractivity contribution in [1.82, 2.24) is 5.32 Å². The van der Waals surface area contributed by atoms with Gasteiger partial charge in [0.15, 0.2) is 0 Å². The quantitative estimate of drug-likeness (QED) is 0.225. The van der Waals surface area contributed by atoms with Gasteiger partial charge in [0.05, 0.1) is 24.9 Å². The predicted molar refractivity (Wildman–Crippen MR) is 126 cm³/mol. The molecule has 0 spiro atoms. The van der Waals surface area contributed by atoms with Crippen molar-refractivity contribution in [2.75, 3.05) is 13.2 Å². The number of alkyl carbamates (subject to hydrolysis) is 1. The molecule has 2 N–H and O–H groups in total. The Morgan fingerprint density at radius 3 is 2.55 bits per heavy atom. The fraction of sp³-hybridized carbons (Fsp3) is 0.542. The van der Waals surface area contributed by atoms with Gasteiger partial charge in [-0.15, -0.1) is 6.58 Å². The number of carbonyl (C=O) groups excluding carboxylic acids is 1. The minimum Gasteiger partial charge on any atom is -0.450 e. The first-order valence-corrected chi connectivity index (χ1v) is 14.5. The van der Waals surface area contributed by atoms with Gasteiger partial charge in [-0.1, -0.05) is 50.0 Å². The largest absolute Gasteiger partial charge is 0.450 e. The molecular weight excluding hydrogens is 413 g/mol. The van der Waals surface area contributed by atoms with Crippen LogP contribution in [0.15, 0.2) is 49.1 Å². The van der Waals surface area contributed by atoms with Gasteiger partial charge in [0.2, 0.25) is 0 Å². The van der Waals surface area contributed by atoms with Gasteiger partial charge in [0.25, 0.3) is 0 Å². The highest BCUT2D eigenvalue weighted by Crippen LogP contribution is 2.23. The molecule has 0 heterocycles. The van der Waals surface area contributed by atoms with Gasteiger partial charge in [-0.2, -0.15) is 0 Å². The number of aliphatic hydroxyl groups is 1. The van der Waals surface area contributed by atoms with Crippen molar-refractivity contribution >= 4 is 14.2 Å². The number of hydrogen-bond donors (Lipinski definition) is 2. The van der Waals surface area contributed by atoms with E-state index in [0.29, 0.717) is 39.1 Å². The summed E-state index contributed by atoms with van der Waals surface area (Å²) in [6.07, 6.45) is 5.47. The second kappa shape index (κ2) is 13.4. The molecule has 0 saturated carbocycles. The maximum Gasteiger partial charge on any atom is 0.407 e. The molecule has 1 rings (SSSR count). The lowest BCUT2D eigenvalue weighted by Crippen LogP contribution is -2.49. The zero-order valence-electron chi connectivity index (χ0n) is 19.3. The van der Waals surface area contributed by atoms with Gasteiger partial charge < -0.3 is 19.9 Å². The highest BCUT2D eigenvalue weighted by molar-refractivity contribution is 6.76. The lowest BCUT2D eigenvalue weighted by atomic mass is 9.86. The van der Waals surface area contributed by atoms with Crippen molar-refractivity contribution in [3.8, 4) is 0 Å². The number of rotatable bonds is 14. The Morgan fingerprint density at radius 2 is 1.97 bits per heavy atom. The third kappa shape index (κ3) is 11.9. The fourth-order valence-corrected chi connectivity index (χ4v) is 3.85. The molecule has 0 aliphatic rings. The van der Waals surface area contributed by atoms with E-state index < -0.39 is 25.8 Å². The van der Waals surface area contributed by atoms with E-state index in [4.69, 9.17) is 9.47 Å². The average molecular weight is 452 g/mol. The third-order valence-electron chi connectivity index (χ3n) is 4.86. The summed E-state index contributed by atoms with van der Waals surface area (Å²) in [5.41, 5.74) is 0.130. The summed E-state index contributed by atoms with van der Waals surface area (Å²) in [5.74, 6) is -0.275. The first kappa shape index (κ1) is 27.1. The average Bonchev–Trinajstić information content (AvgIpc) is 2.68. The standard InChI is InChI=1S/C24H38FNO4Si/c1-6-13-24(18-22(27)7-2,26-23(28)30-16-17-31(3,4)5)14-8-15-29-19-20-9-11-21(25)12-10-20/h6-7,9-13,22,27H,2,8,14-19H2,1,3-5H3,(H,26,28)/b13-6+/t22-,24-/m0/s1. The molecule has 0 bridgehead atoms. The van der Waals surface area contributed by atoms with E-state index in [1.807, 2.05) is 19.1 Å². The second-order valence-corrected chi connectivity index (χ2v) is 14.6. The number of halogens is 1. The molecule has 0 fully saturated rings. The minimum absolute atomic E-state index is 0.275. The Hall–Kier alpha value is -1.96. The number of carbonyl (C=O) groups is 1. The molecule has 0 saturated heterocycles. The Balaban J connectivity index is 2.66. The highest BCUT2D eigenvalue weighted by atomic mass is 28.3. The smallest absolute Gasteiger partial charge is 0.407 e. The predicted octanol–water partition coefficient (Wildman–Crippen LogP) is 5.44. The summed E-state index contributed by atoms with van der Waals surface area (Å²) in [6, 6.07) is 7.09. The maximum absolute atomic E-state index is 13.0. The topological polar surface area (TPSA) is 67.8 Å². The van der Waals surface area contributed by atoms with Crippen LogP contribution in [0, 0.1) is 5.82 Å². The molecule has 5 nitrogen and oxygen atoms in total. The summed E-state index contributed by atoms with van der Waals surface area (Å²) < 4.78 is 24.1. The molecule has 174 valence electrons. The monoisotopic (exact) mass is 451 g/mol. The van der Waals surface area contributed by atoms with Gasteiger partial charge in [0.1, 0.15) is 5.82 Å². The van der Waals surface area contributed by atoms with Crippen LogP contribution in [0.1, 0.15) is 31.7 Å². The van der Waals surface area contributed by atoms with Crippen molar-refractivity contribution in [2.24, 2.45) is 0 Å². The lowest BCUT2D eigenvalue weighted by Gasteiger charge is -2.33. The van der Waals surface area contributed by atoms with Crippen LogP contribution >= 0.6 is 0 Å². The molecule has 0 aliphatic carbocycles. The Kier molecular flexibility index (Phi) is 11.7. The summed E-state index contributed by atoms with van der Waals surface area (Å²) in [6.45, 7) is 13.4. The summed E-state index contributed by atoms with van der Waals surface area (Å²) in [4.78, 5) is 12.5. The zero-order chi connectivity index (χ0) is 23.3. The summed E-state index contributed by atoms with van der Waals surface area (Å²) in [5, 5.41) is 13.1. The summed E-state index contributed by atoms with van der Waals surface area (Å²) >= 11 is 0. The van der Waals surface area contributed by atoms with Crippen LogP contribution in [-0.4, -0.2) is 44.1 Å². The number of hydrogen-bond acceptors (Lipinski definition) is 4. The summed E-state index contributed by atoms with van der Waals surface area (Å²) in [7, 11) is -1.30. The number of benzene rings is 1. The van der Waals surface area contributed by atoms with Crippen LogP contribution in [0.5, 0.6) is 0 Å². The molecule has 2 atom stereocenters. The zero-order valence-corrected chi connectivity index (χ0v) is 20.3. The van der Waals surface area contributed by atoms with E-state index in [2.05, 4.69) is 31.5 Å². The maximum atomic E-state index is 13.0. The fourth-order valence-electron chi connectivity index (χ4n) is 3.13. The van der Waals surface area contributed by atoms with Crippen molar-refractivity contribution in [3.05, 3.63) is 60.5 Å². The number of ether oxygens (including phenoxy) is 2. The molecule has 1 amide bonds. The Bertz CT molecular complexity index is 703. The van der Waals surface area contributed by atoms with Crippen LogP contribution < -0.4 is 5.32 Å². The highest BCUT2D eigenvalue weighted by Gasteiger charge is 2.31. The van der Waals surface area contributed by atoms with Crippen molar-refractivity contribution in [1.29, 1.82) is 0 Å². The minimum atomic E-state index is -1.30. The van der Waals surface area contributed by atoms with Gasteiger partial charge in [-0.05, 0) is 43.5 Å². The van der Waals surface area contributed by atoms with E-state index in [0.717, 1.165) is 11.6 Å². The Morgan fingerprint density at radius 1 is 1.29 bits per heavy atom. The van der Waals surface area contributed by atoms with Crippen molar-refractivity contribution in [2.45, 2.75) is 70.1 Å². The van der Waals surface area contributed by atoms with Crippen molar-refractivity contribution < 1.29 is 23.8 Å². The molecule has 1 aromatic rings. The van der Waals surface area contributed by atoms with Crippen LogP contribution in [-0.2, 0) is 16.1 Å². The van der Waals surface area contributed by atoms with E-state index in [9.17, 15) is 14.3 Å².